The lowest BCUT2D eigenvalue weighted by Gasteiger charge is -2.07. The lowest BCUT2D eigenvalue weighted by atomic mass is 10.1. The predicted molar refractivity (Wildman–Crippen MR) is 73.7 cm³/mol. The molecule has 6 nitrogen and oxygen atoms in total. The second-order valence-corrected chi connectivity index (χ2v) is 4.10. The van der Waals surface area contributed by atoms with Crippen molar-refractivity contribution >= 4 is 5.95 Å². The summed E-state index contributed by atoms with van der Waals surface area (Å²) in [4.78, 5) is 7.92. The number of nitrogens with two attached hydrogens (primary N) is 1. The topological polar surface area (TPSA) is 93.4 Å². The van der Waals surface area contributed by atoms with Gasteiger partial charge in [-0.2, -0.15) is 10.4 Å². The number of hydrogen-bond acceptors (Lipinski definition) is 5. The van der Waals surface area contributed by atoms with Gasteiger partial charge in [0.25, 0.3) is 0 Å². The van der Waals surface area contributed by atoms with Crippen molar-refractivity contribution in [3.05, 3.63) is 54.5 Å². The van der Waals surface area contributed by atoms with E-state index in [1.54, 1.807) is 17.1 Å². The van der Waals surface area contributed by atoms with E-state index in [4.69, 9.17) is 5.73 Å². The number of aromatic nitrogens is 4. The molecule has 0 radical (unpaired) electrons. The smallest absolute Gasteiger partial charge is 0.219 e. The monoisotopic (exact) mass is 262 g/mol. The zero-order valence-electron chi connectivity index (χ0n) is 10.4. The molecule has 0 atom stereocenters. The highest BCUT2D eigenvalue weighted by atomic mass is 15.3. The molecular formula is C14H10N6. The van der Waals surface area contributed by atoms with Crippen LogP contribution >= 0.6 is 0 Å². The van der Waals surface area contributed by atoms with Crippen LogP contribution in [0.15, 0.2) is 48.9 Å². The summed E-state index contributed by atoms with van der Waals surface area (Å²) in [5.41, 5.74) is 8.16. The van der Waals surface area contributed by atoms with Crippen LogP contribution in [-0.2, 0) is 0 Å². The molecular weight excluding hydrogens is 252 g/mol. The van der Waals surface area contributed by atoms with E-state index in [9.17, 15) is 5.26 Å². The number of rotatable bonds is 2. The van der Waals surface area contributed by atoms with Crippen molar-refractivity contribution in [3.8, 4) is 23.0 Å². The van der Waals surface area contributed by atoms with E-state index in [0.717, 1.165) is 5.69 Å². The van der Waals surface area contributed by atoms with Crippen molar-refractivity contribution in [1.29, 1.82) is 5.26 Å². The van der Waals surface area contributed by atoms with Crippen LogP contribution in [-0.4, -0.2) is 19.7 Å². The zero-order valence-corrected chi connectivity index (χ0v) is 10.4. The van der Waals surface area contributed by atoms with Crippen molar-refractivity contribution in [2.45, 2.75) is 0 Å². The summed E-state index contributed by atoms with van der Waals surface area (Å²) < 4.78 is 1.69. The normalized spacial score (nSPS) is 10.2. The van der Waals surface area contributed by atoms with Gasteiger partial charge in [-0.15, -0.1) is 0 Å². The van der Waals surface area contributed by atoms with Gasteiger partial charge >= 0.3 is 0 Å². The first-order chi connectivity index (χ1) is 9.79. The van der Waals surface area contributed by atoms with Gasteiger partial charge in [0.1, 0.15) is 6.07 Å². The fraction of sp³-hybridized carbons (Fsp3) is 0. The van der Waals surface area contributed by atoms with Gasteiger partial charge in [0.2, 0.25) is 5.95 Å². The molecule has 0 spiro atoms. The third kappa shape index (κ3) is 1.97. The fourth-order valence-corrected chi connectivity index (χ4v) is 1.93. The molecule has 0 aliphatic carbocycles. The Balaban J connectivity index is 2.21. The lowest BCUT2D eigenvalue weighted by Crippen LogP contribution is -2.01. The molecule has 0 bridgehead atoms. The Bertz CT molecular complexity index is 768. The van der Waals surface area contributed by atoms with Crippen LogP contribution in [0.5, 0.6) is 0 Å². The number of para-hydroxylation sites is 1. The highest BCUT2D eigenvalue weighted by Crippen LogP contribution is 2.25. The minimum Gasteiger partial charge on any atom is -0.368 e. The Morgan fingerprint density at radius 1 is 1.05 bits per heavy atom. The maximum atomic E-state index is 9.23. The maximum Gasteiger partial charge on any atom is 0.219 e. The molecule has 0 aliphatic rings. The molecule has 0 saturated heterocycles. The fourth-order valence-electron chi connectivity index (χ4n) is 1.93. The van der Waals surface area contributed by atoms with Gasteiger partial charge in [0.15, 0.2) is 0 Å². The molecule has 96 valence electrons. The molecule has 20 heavy (non-hydrogen) atoms. The summed E-state index contributed by atoms with van der Waals surface area (Å²) in [5.74, 6) is 0.193. The number of nitriles is 1. The Hall–Kier alpha value is -3.20. The highest BCUT2D eigenvalue weighted by Gasteiger charge is 2.14. The molecule has 0 amide bonds. The van der Waals surface area contributed by atoms with Crippen LogP contribution in [0.2, 0.25) is 0 Å². The largest absolute Gasteiger partial charge is 0.368 e. The van der Waals surface area contributed by atoms with Gasteiger partial charge in [-0.05, 0) is 12.1 Å². The average Bonchev–Trinajstić information content (AvgIpc) is 2.93. The summed E-state index contributed by atoms with van der Waals surface area (Å²) >= 11 is 0. The van der Waals surface area contributed by atoms with E-state index in [1.165, 1.54) is 6.20 Å². The minimum absolute atomic E-state index is 0.193. The van der Waals surface area contributed by atoms with Gasteiger partial charge < -0.3 is 5.73 Å². The SMILES string of the molecule is N#Cc1cnn(-c2ccccc2)c1-c1cnc(N)nc1. The Kier molecular flexibility index (Phi) is 2.86. The number of nitrogen functional groups attached to an aromatic ring is 1. The molecule has 0 aliphatic heterocycles. The molecule has 2 aromatic heterocycles. The summed E-state index contributed by atoms with van der Waals surface area (Å²) in [6.07, 6.45) is 4.69. The second kappa shape index (κ2) is 4.82. The molecule has 3 aromatic rings. The van der Waals surface area contributed by atoms with Crippen molar-refractivity contribution in [2.75, 3.05) is 5.73 Å². The molecule has 3 rings (SSSR count). The molecule has 6 heteroatoms. The molecule has 1 aromatic carbocycles. The Morgan fingerprint density at radius 3 is 2.40 bits per heavy atom. The molecule has 0 fully saturated rings. The van der Waals surface area contributed by atoms with Gasteiger partial charge in [-0.25, -0.2) is 14.6 Å². The van der Waals surface area contributed by atoms with Crippen LogP contribution in [0.4, 0.5) is 5.95 Å². The summed E-state index contributed by atoms with van der Waals surface area (Å²) in [5, 5.41) is 13.5. The van der Waals surface area contributed by atoms with E-state index in [1.807, 2.05) is 30.3 Å². The van der Waals surface area contributed by atoms with E-state index >= 15 is 0 Å². The Labute approximate surface area is 115 Å². The quantitative estimate of drug-likeness (QED) is 0.759. The first kappa shape index (κ1) is 11.9. The van der Waals surface area contributed by atoms with E-state index in [0.29, 0.717) is 16.8 Å². The number of hydrogen-bond donors (Lipinski definition) is 1. The summed E-state index contributed by atoms with van der Waals surface area (Å²) in [6.45, 7) is 0. The zero-order chi connectivity index (χ0) is 13.9. The summed E-state index contributed by atoms with van der Waals surface area (Å²) in [7, 11) is 0. The van der Waals surface area contributed by atoms with Crippen molar-refractivity contribution in [3.63, 3.8) is 0 Å². The number of benzene rings is 1. The lowest BCUT2D eigenvalue weighted by molar-refractivity contribution is 0.886. The van der Waals surface area contributed by atoms with E-state index < -0.39 is 0 Å². The Morgan fingerprint density at radius 2 is 1.75 bits per heavy atom. The first-order valence-corrected chi connectivity index (χ1v) is 5.91. The van der Waals surface area contributed by atoms with Gasteiger partial charge in [0, 0.05) is 18.0 Å². The summed E-state index contributed by atoms with van der Waals surface area (Å²) in [6, 6.07) is 11.7. The molecule has 2 N–H and O–H groups in total. The predicted octanol–water partition coefficient (Wildman–Crippen LogP) is 1.78. The third-order valence-corrected chi connectivity index (χ3v) is 2.84. The van der Waals surface area contributed by atoms with Crippen LogP contribution in [0.3, 0.4) is 0 Å². The second-order valence-electron chi connectivity index (χ2n) is 4.10. The van der Waals surface area contributed by atoms with Crippen LogP contribution in [0.1, 0.15) is 5.56 Å². The van der Waals surface area contributed by atoms with Crippen LogP contribution in [0.25, 0.3) is 16.9 Å². The molecule has 0 saturated carbocycles. The maximum absolute atomic E-state index is 9.23. The molecule has 2 heterocycles. The van der Waals surface area contributed by atoms with Crippen molar-refractivity contribution in [1.82, 2.24) is 19.7 Å². The average molecular weight is 262 g/mol. The number of anilines is 1. The first-order valence-electron chi connectivity index (χ1n) is 5.91. The van der Waals surface area contributed by atoms with Crippen molar-refractivity contribution in [2.24, 2.45) is 0 Å². The van der Waals surface area contributed by atoms with Crippen LogP contribution in [0, 0.1) is 11.3 Å². The van der Waals surface area contributed by atoms with Gasteiger partial charge in [-0.1, -0.05) is 18.2 Å². The standard InChI is InChI=1S/C14H10N6/c15-6-10-9-19-20(12-4-2-1-3-5-12)13(10)11-7-17-14(16)18-8-11/h1-5,7-9H,(H2,16,17,18). The number of nitrogens with zero attached hydrogens (tertiary/aromatic N) is 5. The van der Waals surface area contributed by atoms with Crippen molar-refractivity contribution < 1.29 is 0 Å². The third-order valence-electron chi connectivity index (χ3n) is 2.84. The van der Waals surface area contributed by atoms with E-state index in [2.05, 4.69) is 21.1 Å². The van der Waals surface area contributed by atoms with E-state index in [-0.39, 0.29) is 5.95 Å². The highest BCUT2D eigenvalue weighted by molar-refractivity contribution is 5.67. The van der Waals surface area contributed by atoms with Gasteiger partial charge in [-0.3, -0.25) is 0 Å². The van der Waals surface area contributed by atoms with Crippen LogP contribution < -0.4 is 5.73 Å². The molecule has 0 unspecified atom stereocenters. The minimum atomic E-state index is 0.193. The van der Waals surface area contributed by atoms with Gasteiger partial charge in [0.05, 0.1) is 23.1 Å².